The Labute approximate surface area is 149 Å². The Morgan fingerprint density at radius 2 is 2.00 bits per heavy atom. The molecule has 0 aliphatic heterocycles. The van der Waals surface area contributed by atoms with Crippen LogP contribution in [0, 0.1) is 13.8 Å². The van der Waals surface area contributed by atoms with E-state index in [9.17, 15) is 4.79 Å². The minimum absolute atomic E-state index is 0.138. The zero-order valence-corrected chi connectivity index (χ0v) is 15.1. The summed E-state index contributed by atoms with van der Waals surface area (Å²) in [6.07, 6.45) is 1.45. The molecule has 6 nitrogen and oxygen atoms in total. The van der Waals surface area contributed by atoms with E-state index in [1.165, 1.54) is 6.33 Å². The van der Waals surface area contributed by atoms with Crippen LogP contribution >= 0.6 is 11.3 Å². The lowest BCUT2D eigenvalue weighted by Gasteiger charge is -2.11. The van der Waals surface area contributed by atoms with E-state index in [1.807, 2.05) is 39.0 Å². The van der Waals surface area contributed by atoms with Crippen molar-refractivity contribution in [1.82, 2.24) is 9.97 Å². The van der Waals surface area contributed by atoms with Gasteiger partial charge in [0.25, 0.3) is 5.91 Å². The summed E-state index contributed by atoms with van der Waals surface area (Å²) in [5, 5.41) is 3.67. The molecule has 3 aromatic rings. The lowest BCUT2D eigenvalue weighted by atomic mass is 10.2. The predicted octanol–water partition coefficient (Wildman–Crippen LogP) is 3.72. The van der Waals surface area contributed by atoms with Gasteiger partial charge >= 0.3 is 0 Å². The van der Waals surface area contributed by atoms with Gasteiger partial charge < -0.3 is 14.8 Å². The van der Waals surface area contributed by atoms with Crippen LogP contribution in [0.1, 0.15) is 17.4 Å². The maximum Gasteiger partial charge on any atom is 0.262 e. The van der Waals surface area contributed by atoms with Gasteiger partial charge in [-0.3, -0.25) is 4.79 Å². The first-order valence-electron chi connectivity index (χ1n) is 7.95. The first kappa shape index (κ1) is 17.2. The molecule has 0 saturated carbocycles. The fourth-order valence-corrected chi connectivity index (χ4v) is 3.42. The van der Waals surface area contributed by atoms with Crippen molar-refractivity contribution in [2.45, 2.75) is 20.8 Å². The molecule has 0 aliphatic rings. The number of fused-ring (bicyclic) bond motifs is 1. The van der Waals surface area contributed by atoms with E-state index in [1.54, 1.807) is 17.4 Å². The van der Waals surface area contributed by atoms with Crippen LogP contribution in [0.15, 0.2) is 30.6 Å². The second-order valence-electron chi connectivity index (χ2n) is 5.41. The third-order valence-electron chi connectivity index (χ3n) is 3.73. The van der Waals surface area contributed by atoms with E-state index in [-0.39, 0.29) is 12.5 Å². The maximum atomic E-state index is 12.2. The van der Waals surface area contributed by atoms with Gasteiger partial charge in [0, 0.05) is 4.88 Å². The van der Waals surface area contributed by atoms with Gasteiger partial charge in [-0.25, -0.2) is 9.97 Å². The Morgan fingerprint density at radius 1 is 1.20 bits per heavy atom. The summed E-state index contributed by atoms with van der Waals surface area (Å²) in [6, 6.07) is 7.30. The number of thiophene rings is 1. The van der Waals surface area contributed by atoms with Crippen LogP contribution in [0.25, 0.3) is 10.2 Å². The molecule has 2 aromatic heterocycles. The van der Waals surface area contributed by atoms with Gasteiger partial charge in [0.1, 0.15) is 16.9 Å². The number of aromatic nitrogens is 2. The molecule has 3 rings (SSSR count). The van der Waals surface area contributed by atoms with Crippen LogP contribution in [0.3, 0.4) is 0 Å². The predicted molar refractivity (Wildman–Crippen MR) is 98.6 cm³/mol. The molecule has 25 heavy (non-hydrogen) atoms. The number of hydrogen-bond acceptors (Lipinski definition) is 6. The van der Waals surface area contributed by atoms with E-state index < -0.39 is 0 Å². The van der Waals surface area contributed by atoms with Crippen LogP contribution in [0.4, 0.5) is 5.69 Å². The third kappa shape index (κ3) is 3.71. The number of para-hydroxylation sites is 2. The molecule has 130 valence electrons. The number of carbonyl (C=O) groups is 1. The number of hydrogen-bond donors (Lipinski definition) is 1. The summed E-state index contributed by atoms with van der Waals surface area (Å²) >= 11 is 1.59. The average Bonchev–Trinajstić information content (AvgIpc) is 2.90. The topological polar surface area (TPSA) is 73.3 Å². The van der Waals surface area contributed by atoms with Gasteiger partial charge in [-0.2, -0.15) is 0 Å². The van der Waals surface area contributed by atoms with Crippen LogP contribution in [-0.2, 0) is 4.79 Å². The third-order valence-corrected chi connectivity index (χ3v) is 4.85. The minimum atomic E-state index is -0.275. The molecule has 1 amide bonds. The summed E-state index contributed by atoms with van der Waals surface area (Å²) in [5.74, 6) is 0.788. The maximum absolute atomic E-state index is 12.2. The fourth-order valence-electron chi connectivity index (χ4n) is 2.43. The van der Waals surface area contributed by atoms with Crippen molar-refractivity contribution in [2.75, 3.05) is 18.5 Å². The minimum Gasteiger partial charge on any atom is -0.492 e. The number of ether oxygens (including phenoxy) is 2. The highest BCUT2D eigenvalue weighted by Crippen LogP contribution is 2.33. The fraction of sp³-hybridized carbons (Fsp3) is 0.278. The molecule has 0 unspecified atom stereocenters. The Kier molecular flexibility index (Phi) is 5.14. The number of carbonyl (C=O) groups excluding carboxylic acids is 1. The Bertz CT molecular complexity index is 908. The van der Waals surface area contributed by atoms with Gasteiger partial charge in [-0.15, -0.1) is 11.3 Å². The van der Waals surface area contributed by atoms with Crippen molar-refractivity contribution >= 4 is 33.1 Å². The quantitative estimate of drug-likeness (QED) is 0.728. The van der Waals surface area contributed by atoms with Gasteiger partial charge in [0.05, 0.1) is 17.7 Å². The van der Waals surface area contributed by atoms with E-state index in [4.69, 9.17) is 9.47 Å². The number of aryl methyl sites for hydroxylation is 2. The lowest BCUT2D eigenvalue weighted by molar-refractivity contribution is -0.118. The van der Waals surface area contributed by atoms with Crippen molar-refractivity contribution in [3.63, 3.8) is 0 Å². The second kappa shape index (κ2) is 7.48. The first-order chi connectivity index (χ1) is 12.1. The number of anilines is 1. The van der Waals surface area contributed by atoms with Crippen molar-refractivity contribution < 1.29 is 14.3 Å². The molecule has 1 aromatic carbocycles. The molecular weight excluding hydrogens is 338 g/mol. The molecular formula is C18H19N3O3S. The molecule has 1 N–H and O–H groups in total. The number of nitrogens with zero attached hydrogens (tertiary/aromatic N) is 2. The number of benzene rings is 1. The van der Waals surface area contributed by atoms with E-state index in [2.05, 4.69) is 15.3 Å². The zero-order valence-electron chi connectivity index (χ0n) is 14.3. The molecule has 0 radical (unpaired) electrons. The summed E-state index contributed by atoms with van der Waals surface area (Å²) in [6.45, 7) is 6.32. The summed E-state index contributed by atoms with van der Waals surface area (Å²) in [5.41, 5.74) is 1.70. The van der Waals surface area contributed by atoms with Crippen molar-refractivity contribution in [1.29, 1.82) is 0 Å². The largest absolute Gasteiger partial charge is 0.492 e. The van der Waals surface area contributed by atoms with Crippen molar-refractivity contribution in [3.8, 4) is 11.6 Å². The lowest BCUT2D eigenvalue weighted by Crippen LogP contribution is -2.21. The van der Waals surface area contributed by atoms with Gasteiger partial charge in [0.15, 0.2) is 6.61 Å². The first-order valence-corrected chi connectivity index (χ1v) is 8.77. The summed E-state index contributed by atoms with van der Waals surface area (Å²) in [7, 11) is 0. The van der Waals surface area contributed by atoms with Crippen molar-refractivity contribution in [2.24, 2.45) is 0 Å². The van der Waals surface area contributed by atoms with Crippen LogP contribution in [0.5, 0.6) is 11.6 Å². The second-order valence-corrected chi connectivity index (χ2v) is 6.61. The highest BCUT2D eigenvalue weighted by Gasteiger charge is 2.14. The molecule has 0 aliphatic carbocycles. The van der Waals surface area contributed by atoms with Gasteiger partial charge in [-0.05, 0) is 38.5 Å². The van der Waals surface area contributed by atoms with E-state index in [0.29, 0.717) is 23.9 Å². The molecule has 0 bridgehead atoms. The normalized spacial score (nSPS) is 10.7. The van der Waals surface area contributed by atoms with Crippen LogP contribution in [-0.4, -0.2) is 29.1 Å². The van der Waals surface area contributed by atoms with Crippen LogP contribution < -0.4 is 14.8 Å². The Hall–Kier alpha value is -2.67. The van der Waals surface area contributed by atoms with Gasteiger partial charge in [0.2, 0.25) is 5.88 Å². The van der Waals surface area contributed by atoms with Crippen molar-refractivity contribution in [3.05, 3.63) is 41.0 Å². The molecule has 2 heterocycles. The highest BCUT2D eigenvalue weighted by atomic mass is 32.1. The van der Waals surface area contributed by atoms with Gasteiger partial charge in [-0.1, -0.05) is 12.1 Å². The smallest absolute Gasteiger partial charge is 0.262 e. The molecule has 0 saturated heterocycles. The molecule has 0 fully saturated rings. The monoisotopic (exact) mass is 357 g/mol. The van der Waals surface area contributed by atoms with E-state index >= 15 is 0 Å². The molecule has 0 spiro atoms. The number of rotatable bonds is 6. The zero-order chi connectivity index (χ0) is 17.8. The molecule has 0 atom stereocenters. The summed E-state index contributed by atoms with van der Waals surface area (Å²) in [4.78, 5) is 22.7. The Balaban J connectivity index is 1.71. The summed E-state index contributed by atoms with van der Waals surface area (Å²) < 4.78 is 11.2. The standard InChI is InChI=1S/C18H19N3O3S/c1-4-23-14-8-6-5-7-13(14)21-15(22)9-24-17-16-11(2)12(3)25-18(16)20-10-19-17/h5-8,10H,4,9H2,1-3H3,(H,21,22). The Morgan fingerprint density at radius 3 is 2.80 bits per heavy atom. The average molecular weight is 357 g/mol. The highest BCUT2D eigenvalue weighted by molar-refractivity contribution is 7.18. The SMILES string of the molecule is CCOc1ccccc1NC(=O)COc1ncnc2sc(C)c(C)c12. The number of nitrogens with one attached hydrogen (secondary N) is 1. The van der Waals surface area contributed by atoms with E-state index in [0.717, 1.165) is 20.7 Å². The number of amides is 1. The van der Waals surface area contributed by atoms with Crippen LogP contribution in [0.2, 0.25) is 0 Å². The molecule has 7 heteroatoms.